The number of piperidine rings is 1. The van der Waals surface area contributed by atoms with Crippen LogP contribution in [0.25, 0.3) is 0 Å². The van der Waals surface area contributed by atoms with Gasteiger partial charge >= 0.3 is 0 Å². The predicted molar refractivity (Wildman–Crippen MR) is 105 cm³/mol. The summed E-state index contributed by atoms with van der Waals surface area (Å²) in [7, 11) is -7.47. The normalized spacial score (nSPS) is 27.5. The zero-order valence-electron chi connectivity index (χ0n) is 16.2. The number of ketones is 1. The van der Waals surface area contributed by atoms with Gasteiger partial charge in [0.15, 0.2) is 0 Å². The number of sulfonamides is 2. The second-order valence-electron chi connectivity index (χ2n) is 7.78. The molecule has 0 unspecified atom stereocenters. The average molecular weight is 443 g/mol. The van der Waals surface area contributed by atoms with Crippen molar-refractivity contribution in [2.24, 2.45) is 5.92 Å². The first kappa shape index (κ1) is 20.9. The Morgan fingerprint density at radius 3 is 2.07 bits per heavy atom. The van der Waals surface area contributed by atoms with Crippen LogP contribution in [0.3, 0.4) is 0 Å². The van der Waals surface area contributed by atoms with E-state index < -0.39 is 20.0 Å². The van der Waals surface area contributed by atoms with E-state index in [1.165, 1.54) is 32.9 Å². The van der Waals surface area contributed by atoms with E-state index in [1.807, 2.05) is 0 Å². The number of benzene rings is 1. The monoisotopic (exact) mass is 442 g/mol. The Morgan fingerprint density at radius 1 is 0.828 bits per heavy atom. The number of Topliss-reactive ketones (excluding diaryl/α,β-unsaturated/α-hetero) is 1. The van der Waals surface area contributed by atoms with Crippen LogP contribution in [0, 0.1) is 5.92 Å². The van der Waals surface area contributed by atoms with Gasteiger partial charge in [0.25, 0.3) is 0 Å². The molecule has 4 rings (SSSR count). The van der Waals surface area contributed by atoms with E-state index in [4.69, 9.17) is 4.74 Å². The Morgan fingerprint density at radius 2 is 1.41 bits per heavy atom. The minimum atomic E-state index is -3.79. The van der Waals surface area contributed by atoms with E-state index >= 15 is 0 Å². The predicted octanol–water partition coefficient (Wildman–Crippen LogP) is 1.23. The Balaban J connectivity index is 1.58. The maximum atomic E-state index is 13.2. The first-order valence-electron chi connectivity index (χ1n) is 10.0. The molecule has 1 aromatic carbocycles. The smallest absolute Gasteiger partial charge is 0.243 e. The van der Waals surface area contributed by atoms with Crippen LogP contribution in [0.1, 0.15) is 32.1 Å². The van der Waals surface area contributed by atoms with Crippen molar-refractivity contribution >= 4 is 25.8 Å². The molecule has 0 bridgehead atoms. The van der Waals surface area contributed by atoms with Crippen LogP contribution in [0.15, 0.2) is 34.1 Å². The first-order valence-corrected chi connectivity index (χ1v) is 12.9. The fraction of sp³-hybridized carbons (Fsp3) is 0.632. The summed E-state index contributed by atoms with van der Waals surface area (Å²) < 4.78 is 60.0. The highest BCUT2D eigenvalue weighted by molar-refractivity contribution is 7.89. The van der Waals surface area contributed by atoms with Crippen LogP contribution in [0.4, 0.5) is 0 Å². The van der Waals surface area contributed by atoms with Gasteiger partial charge in [0.05, 0.1) is 23.0 Å². The molecule has 160 valence electrons. The summed E-state index contributed by atoms with van der Waals surface area (Å²) >= 11 is 0. The van der Waals surface area contributed by atoms with Crippen LogP contribution >= 0.6 is 0 Å². The summed E-state index contributed by atoms with van der Waals surface area (Å²) in [6.45, 7) is 1.46. The van der Waals surface area contributed by atoms with Crippen LogP contribution in [-0.2, 0) is 29.6 Å². The maximum absolute atomic E-state index is 13.2. The summed E-state index contributed by atoms with van der Waals surface area (Å²) in [6.07, 6.45) is 3.54. The van der Waals surface area contributed by atoms with Gasteiger partial charge in [-0.05, 0) is 37.1 Å². The lowest BCUT2D eigenvalue weighted by molar-refractivity contribution is -0.128. The van der Waals surface area contributed by atoms with Crippen molar-refractivity contribution in [3.05, 3.63) is 24.3 Å². The number of morpholine rings is 1. The summed E-state index contributed by atoms with van der Waals surface area (Å²) in [5.74, 6) is -0.0543. The second kappa shape index (κ2) is 8.07. The number of carbonyl (C=O) groups excluding carboxylic acids is 1. The Kier molecular flexibility index (Phi) is 5.82. The van der Waals surface area contributed by atoms with Crippen molar-refractivity contribution in [1.82, 2.24) is 8.61 Å². The molecule has 8 nitrogen and oxygen atoms in total. The first-order chi connectivity index (χ1) is 13.8. The zero-order chi connectivity index (χ0) is 20.6. The van der Waals surface area contributed by atoms with E-state index in [0.717, 1.165) is 19.3 Å². The number of rotatable bonds is 4. The van der Waals surface area contributed by atoms with Crippen molar-refractivity contribution in [2.75, 3.05) is 32.8 Å². The molecule has 0 amide bonds. The van der Waals surface area contributed by atoms with Crippen molar-refractivity contribution in [3.63, 3.8) is 0 Å². The largest absolute Gasteiger partial charge is 0.379 e. The Hall–Kier alpha value is -1.33. The molecule has 1 aromatic rings. The quantitative estimate of drug-likeness (QED) is 0.695. The molecule has 0 radical (unpaired) electrons. The summed E-state index contributed by atoms with van der Waals surface area (Å²) in [4.78, 5) is 12.4. The van der Waals surface area contributed by atoms with Gasteiger partial charge in [-0.1, -0.05) is 12.8 Å². The molecular weight excluding hydrogens is 416 g/mol. The highest BCUT2D eigenvalue weighted by Crippen LogP contribution is 2.36. The SMILES string of the molecule is O=C1CCN(S(=O)(=O)c2ccc(S(=O)(=O)N3CCOCC3)cc2)[C@H]2CCCC[C@@H]12. The van der Waals surface area contributed by atoms with Gasteiger partial charge in [-0.15, -0.1) is 0 Å². The van der Waals surface area contributed by atoms with E-state index in [9.17, 15) is 21.6 Å². The van der Waals surface area contributed by atoms with Gasteiger partial charge in [0.1, 0.15) is 5.78 Å². The Bertz CT molecular complexity index is 968. The van der Waals surface area contributed by atoms with Crippen molar-refractivity contribution in [3.8, 4) is 0 Å². The van der Waals surface area contributed by atoms with Gasteiger partial charge in [-0.3, -0.25) is 4.79 Å². The van der Waals surface area contributed by atoms with E-state index in [1.54, 1.807) is 0 Å². The molecule has 2 saturated heterocycles. The van der Waals surface area contributed by atoms with Crippen molar-refractivity contribution in [2.45, 2.75) is 47.9 Å². The second-order valence-corrected chi connectivity index (χ2v) is 11.6. The summed E-state index contributed by atoms with van der Waals surface area (Å²) in [6, 6.07) is 5.14. The minimum Gasteiger partial charge on any atom is -0.379 e. The molecule has 0 aromatic heterocycles. The standard InChI is InChI=1S/C19H26N2O6S2/c22-19-9-10-21(18-4-2-1-3-17(18)19)29(25,26)16-7-5-15(6-8-16)28(23,24)20-11-13-27-14-12-20/h5-8,17-18H,1-4,9-14H2/t17-,18+/m1/s1. The summed E-state index contributed by atoms with van der Waals surface area (Å²) in [5.41, 5.74) is 0. The van der Waals surface area contributed by atoms with Crippen LogP contribution < -0.4 is 0 Å². The summed E-state index contributed by atoms with van der Waals surface area (Å²) in [5, 5.41) is 0. The van der Waals surface area contributed by atoms with Gasteiger partial charge in [0, 0.05) is 38.0 Å². The van der Waals surface area contributed by atoms with Crippen LogP contribution in [0.5, 0.6) is 0 Å². The lowest BCUT2D eigenvalue weighted by Gasteiger charge is -2.42. The highest BCUT2D eigenvalue weighted by Gasteiger charge is 2.43. The molecule has 1 saturated carbocycles. The average Bonchev–Trinajstić information content (AvgIpc) is 2.75. The molecule has 0 spiro atoms. The van der Waals surface area contributed by atoms with Crippen LogP contribution in [-0.4, -0.2) is 70.1 Å². The number of nitrogens with zero attached hydrogens (tertiary/aromatic N) is 2. The molecule has 3 fully saturated rings. The van der Waals surface area contributed by atoms with Crippen LogP contribution in [0.2, 0.25) is 0 Å². The zero-order valence-corrected chi connectivity index (χ0v) is 17.8. The third-order valence-corrected chi connectivity index (χ3v) is 9.98. The molecule has 2 aliphatic heterocycles. The number of hydrogen-bond acceptors (Lipinski definition) is 6. The number of carbonyl (C=O) groups is 1. The molecule has 0 N–H and O–H groups in total. The van der Waals surface area contributed by atoms with E-state index in [-0.39, 0.29) is 53.6 Å². The van der Waals surface area contributed by atoms with Gasteiger partial charge in [-0.2, -0.15) is 8.61 Å². The fourth-order valence-corrected chi connectivity index (χ4v) is 7.66. The van der Waals surface area contributed by atoms with Crippen molar-refractivity contribution < 1.29 is 26.4 Å². The molecule has 2 atom stereocenters. The molecule has 2 heterocycles. The lowest BCUT2D eigenvalue weighted by atomic mass is 9.79. The highest BCUT2D eigenvalue weighted by atomic mass is 32.2. The van der Waals surface area contributed by atoms with Crippen molar-refractivity contribution in [1.29, 1.82) is 0 Å². The van der Waals surface area contributed by atoms with Gasteiger partial charge < -0.3 is 4.74 Å². The fourth-order valence-electron chi connectivity index (χ4n) is 4.56. The Labute approximate surface area is 171 Å². The van der Waals surface area contributed by atoms with E-state index in [2.05, 4.69) is 0 Å². The number of fused-ring (bicyclic) bond motifs is 1. The molecule has 3 aliphatic rings. The topological polar surface area (TPSA) is 101 Å². The lowest BCUT2D eigenvalue weighted by Crippen LogP contribution is -2.53. The minimum absolute atomic E-state index is 0.0668. The molecular formula is C19H26N2O6S2. The molecule has 10 heteroatoms. The van der Waals surface area contributed by atoms with Gasteiger partial charge in [0.2, 0.25) is 20.0 Å². The third kappa shape index (κ3) is 3.88. The molecule has 29 heavy (non-hydrogen) atoms. The maximum Gasteiger partial charge on any atom is 0.243 e. The van der Waals surface area contributed by atoms with E-state index in [0.29, 0.717) is 19.6 Å². The third-order valence-electron chi connectivity index (χ3n) is 6.13. The number of ether oxygens (including phenoxy) is 1. The molecule has 1 aliphatic carbocycles. The van der Waals surface area contributed by atoms with Gasteiger partial charge in [-0.25, -0.2) is 16.8 Å². The number of hydrogen-bond donors (Lipinski definition) is 0.